The molecule has 0 aliphatic heterocycles. The molecule has 0 aliphatic carbocycles. The summed E-state index contributed by atoms with van der Waals surface area (Å²) in [5.74, 6) is 0.787. The number of halogens is 3. The van der Waals surface area contributed by atoms with Gasteiger partial charge in [-0.05, 0) is 83.8 Å². The maximum atomic E-state index is 12.4. The van der Waals surface area contributed by atoms with Crippen molar-refractivity contribution in [3.8, 4) is 11.5 Å². The number of aromatic nitrogens is 4. The molecule has 272 valence electrons. The molecule has 7 rings (SSSR count). The number of oxazole rings is 1. The zero-order valence-corrected chi connectivity index (χ0v) is 29.3. The Balaban J connectivity index is 0.916. The smallest absolute Gasteiger partial charge is 0.487 e. The Hall–Kier alpha value is -6.42. The zero-order valence-electron chi connectivity index (χ0n) is 29.3. The molecule has 10 heteroatoms. The molecule has 0 fully saturated rings. The average molecular weight is 727 g/mol. The Kier molecular flexibility index (Phi) is 11.0. The lowest BCUT2D eigenvalue weighted by Crippen LogP contribution is -2.38. The van der Waals surface area contributed by atoms with Gasteiger partial charge >= 0.3 is 6.36 Å². The summed E-state index contributed by atoms with van der Waals surface area (Å²) in [4.78, 5) is 4.40. The average Bonchev–Trinajstić information content (AvgIpc) is 3.87. The summed E-state index contributed by atoms with van der Waals surface area (Å²) in [6, 6.07) is 45.0. The maximum Gasteiger partial charge on any atom is 0.573 e. The van der Waals surface area contributed by atoms with Gasteiger partial charge in [-0.2, -0.15) is 0 Å². The van der Waals surface area contributed by atoms with E-state index in [1.807, 2.05) is 35.0 Å². The summed E-state index contributed by atoms with van der Waals surface area (Å²) in [5, 5.41) is 9.39. The van der Waals surface area contributed by atoms with Crippen molar-refractivity contribution in [3.05, 3.63) is 197 Å². The second kappa shape index (κ2) is 16.5. The van der Waals surface area contributed by atoms with Gasteiger partial charge in [0.15, 0.2) is 0 Å². The second-order valence-electron chi connectivity index (χ2n) is 12.7. The molecule has 5 aromatic carbocycles. The Morgan fingerprint density at radius 2 is 1.20 bits per heavy atom. The molecule has 0 spiro atoms. The van der Waals surface area contributed by atoms with Crippen LogP contribution in [0.15, 0.2) is 156 Å². The van der Waals surface area contributed by atoms with E-state index < -0.39 is 11.9 Å². The summed E-state index contributed by atoms with van der Waals surface area (Å²) < 4.78 is 54.4. The minimum Gasteiger partial charge on any atom is -0.487 e. The number of hydrogen-bond acceptors (Lipinski definition) is 6. The normalized spacial score (nSPS) is 11.9. The molecule has 0 saturated carbocycles. The molecule has 0 atom stereocenters. The predicted molar refractivity (Wildman–Crippen MR) is 201 cm³/mol. The third-order valence-corrected chi connectivity index (χ3v) is 9.02. The number of nitrogens with zero attached hydrogens (tertiary/aromatic N) is 4. The molecule has 0 saturated heterocycles. The molecular weight excluding hydrogens is 690 g/mol. The minimum absolute atomic E-state index is 0.223. The fourth-order valence-corrected chi connectivity index (χ4v) is 6.47. The fourth-order valence-electron chi connectivity index (χ4n) is 6.47. The Bertz CT molecular complexity index is 2140. The monoisotopic (exact) mass is 726 g/mol. The third-order valence-electron chi connectivity index (χ3n) is 9.02. The topological polar surface area (TPSA) is 75.2 Å². The molecule has 54 heavy (non-hydrogen) atoms. The van der Waals surface area contributed by atoms with E-state index >= 15 is 0 Å². The van der Waals surface area contributed by atoms with Crippen molar-refractivity contribution in [3.63, 3.8) is 0 Å². The van der Waals surface area contributed by atoms with E-state index in [4.69, 9.17) is 14.4 Å². The predicted octanol–water partition coefficient (Wildman–Crippen LogP) is 10.3. The number of hydrogen-bond donors (Lipinski definition) is 0. The standard InChI is InChI=1S/C44H37F3N4O3/c45-44(46,47)54-41-27-22-34(23-28-41)24-29-42-48-39(32-53-42)31-52-40-25-20-33(21-26-40)12-10-11-19-38-30-51(50-49-38)43(35-13-4-1-5-14-35,36-15-6-2-7-16-36)37-17-8-3-9-18-37/h1-9,13-18,20-30,32H,10-12,19,31H2. The van der Waals surface area contributed by atoms with Crippen LogP contribution >= 0.6 is 0 Å². The maximum absolute atomic E-state index is 12.4. The zero-order chi connectivity index (χ0) is 37.2. The Morgan fingerprint density at radius 1 is 0.630 bits per heavy atom. The van der Waals surface area contributed by atoms with Gasteiger partial charge in [0.05, 0.1) is 11.9 Å². The highest BCUT2D eigenvalue weighted by molar-refractivity contribution is 5.66. The van der Waals surface area contributed by atoms with Crippen molar-refractivity contribution in [2.45, 2.75) is 44.2 Å². The highest BCUT2D eigenvalue weighted by Gasteiger charge is 2.39. The van der Waals surface area contributed by atoms with Gasteiger partial charge in [0, 0.05) is 6.08 Å². The molecular formula is C44H37F3N4O3. The van der Waals surface area contributed by atoms with Crippen LogP contribution in [0.2, 0.25) is 0 Å². The molecule has 0 unspecified atom stereocenters. The van der Waals surface area contributed by atoms with Crippen LogP contribution in [0, 0.1) is 0 Å². The van der Waals surface area contributed by atoms with Crippen molar-refractivity contribution in [2.75, 3.05) is 0 Å². The largest absolute Gasteiger partial charge is 0.573 e. The molecule has 0 N–H and O–H groups in total. The Morgan fingerprint density at radius 3 is 1.80 bits per heavy atom. The van der Waals surface area contributed by atoms with Gasteiger partial charge in [-0.25, -0.2) is 9.67 Å². The first kappa shape index (κ1) is 36.0. The van der Waals surface area contributed by atoms with Gasteiger partial charge in [0.2, 0.25) is 5.89 Å². The van der Waals surface area contributed by atoms with Crippen LogP contribution in [0.25, 0.3) is 12.2 Å². The third kappa shape index (κ3) is 8.78. The van der Waals surface area contributed by atoms with Crippen LogP contribution in [-0.2, 0) is 25.0 Å². The van der Waals surface area contributed by atoms with E-state index in [-0.39, 0.29) is 12.4 Å². The van der Waals surface area contributed by atoms with Crippen LogP contribution in [0.4, 0.5) is 13.2 Å². The lowest BCUT2D eigenvalue weighted by Gasteiger charge is -2.35. The van der Waals surface area contributed by atoms with Gasteiger partial charge in [0.1, 0.15) is 35.6 Å². The van der Waals surface area contributed by atoms with Gasteiger partial charge in [-0.3, -0.25) is 0 Å². The molecule has 2 heterocycles. The summed E-state index contributed by atoms with van der Waals surface area (Å²) in [6.45, 7) is 0.223. The minimum atomic E-state index is -4.73. The summed E-state index contributed by atoms with van der Waals surface area (Å²) in [7, 11) is 0. The summed E-state index contributed by atoms with van der Waals surface area (Å²) in [5.41, 5.74) is 6.09. The summed E-state index contributed by atoms with van der Waals surface area (Å²) in [6.07, 6.45) is 5.89. The van der Waals surface area contributed by atoms with E-state index in [2.05, 4.69) is 106 Å². The van der Waals surface area contributed by atoms with Crippen molar-refractivity contribution >= 4 is 12.2 Å². The number of unbranched alkanes of at least 4 members (excludes halogenated alkanes) is 1. The number of rotatable bonds is 15. The first-order valence-corrected chi connectivity index (χ1v) is 17.6. The van der Waals surface area contributed by atoms with Gasteiger partial charge in [-0.15, -0.1) is 18.3 Å². The van der Waals surface area contributed by atoms with Crippen LogP contribution in [-0.4, -0.2) is 26.3 Å². The first-order valence-electron chi connectivity index (χ1n) is 17.6. The highest BCUT2D eigenvalue weighted by Crippen LogP contribution is 2.40. The Labute approximate surface area is 311 Å². The highest BCUT2D eigenvalue weighted by atomic mass is 19.4. The van der Waals surface area contributed by atoms with E-state index in [1.54, 1.807) is 12.2 Å². The van der Waals surface area contributed by atoms with Crippen LogP contribution < -0.4 is 9.47 Å². The van der Waals surface area contributed by atoms with E-state index in [9.17, 15) is 13.2 Å². The van der Waals surface area contributed by atoms with E-state index in [0.717, 1.165) is 53.8 Å². The molecule has 7 aromatic rings. The van der Waals surface area contributed by atoms with Crippen LogP contribution in [0.3, 0.4) is 0 Å². The first-order chi connectivity index (χ1) is 26.3. The van der Waals surface area contributed by atoms with E-state index in [0.29, 0.717) is 17.1 Å². The molecule has 0 amide bonds. The SMILES string of the molecule is FC(F)(F)Oc1ccc(C=Cc2nc(COc3ccc(CCCCc4cn(C(c5ccccc5)(c5ccccc5)c5ccccc5)nn4)cc3)co2)cc1. The second-order valence-corrected chi connectivity index (χ2v) is 12.7. The number of aryl methyl sites for hydroxylation is 2. The van der Waals surface area contributed by atoms with Crippen LogP contribution in [0.1, 0.15) is 57.9 Å². The molecule has 0 radical (unpaired) electrons. The van der Waals surface area contributed by atoms with Crippen molar-refractivity contribution in [2.24, 2.45) is 0 Å². The van der Waals surface area contributed by atoms with E-state index in [1.165, 1.54) is 36.1 Å². The van der Waals surface area contributed by atoms with Gasteiger partial charge in [-0.1, -0.05) is 120 Å². The van der Waals surface area contributed by atoms with Gasteiger partial charge in [0.25, 0.3) is 0 Å². The quantitative estimate of drug-likeness (QED) is 0.0774. The lowest BCUT2D eigenvalue weighted by molar-refractivity contribution is -0.274. The number of ether oxygens (including phenoxy) is 2. The van der Waals surface area contributed by atoms with Crippen molar-refractivity contribution in [1.82, 2.24) is 20.0 Å². The number of alkyl halides is 3. The fraction of sp³-hybridized carbons (Fsp3) is 0.159. The molecule has 0 aliphatic rings. The summed E-state index contributed by atoms with van der Waals surface area (Å²) >= 11 is 0. The lowest BCUT2D eigenvalue weighted by atomic mass is 9.77. The van der Waals surface area contributed by atoms with Crippen molar-refractivity contribution < 1.29 is 27.1 Å². The molecule has 7 nitrogen and oxygen atoms in total. The molecule has 2 aromatic heterocycles. The number of benzene rings is 5. The molecule has 0 bridgehead atoms. The van der Waals surface area contributed by atoms with Crippen LogP contribution in [0.5, 0.6) is 11.5 Å². The van der Waals surface area contributed by atoms with Crippen molar-refractivity contribution in [1.29, 1.82) is 0 Å². The van der Waals surface area contributed by atoms with Gasteiger partial charge < -0.3 is 13.9 Å².